The molecular weight excluding hydrogens is 416 g/mol. The predicted molar refractivity (Wildman–Crippen MR) is 115 cm³/mol. The van der Waals surface area contributed by atoms with E-state index in [4.69, 9.17) is 9.15 Å². The van der Waals surface area contributed by atoms with Crippen molar-refractivity contribution in [3.8, 4) is 0 Å². The van der Waals surface area contributed by atoms with Crippen molar-refractivity contribution in [3.05, 3.63) is 5.89 Å². The van der Waals surface area contributed by atoms with Crippen molar-refractivity contribution >= 4 is 36.4 Å². The van der Waals surface area contributed by atoms with E-state index in [1.807, 2.05) is 14.1 Å². The third kappa shape index (κ3) is 8.24. The largest absolute Gasteiger partial charge is 0.408 e. The lowest BCUT2D eigenvalue weighted by Gasteiger charge is -2.33. The number of carbonyl (C=O) groups excluding carboxylic acids is 2. The van der Waals surface area contributed by atoms with Crippen molar-refractivity contribution in [2.45, 2.75) is 62.3 Å². The van der Waals surface area contributed by atoms with Gasteiger partial charge in [-0.3, -0.25) is 9.59 Å². The number of rotatable bonds is 12. The molecule has 0 bridgehead atoms. The molecule has 0 radical (unpaired) electrons. The normalized spacial score (nSPS) is 16.1. The fourth-order valence-electron chi connectivity index (χ4n) is 3.44. The zero-order chi connectivity index (χ0) is 20.4. The van der Waals surface area contributed by atoms with Gasteiger partial charge in [-0.05, 0) is 33.4 Å². The van der Waals surface area contributed by atoms with Gasteiger partial charge >= 0.3 is 0 Å². The smallest absolute Gasteiger partial charge is 0.286 e. The Morgan fingerprint density at radius 2 is 1.97 bits per heavy atom. The first-order valence-electron chi connectivity index (χ1n) is 9.93. The molecule has 0 aliphatic heterocycles. The maximum atomic E-state index is 13.1. The number of amides is 1. The molecule has 1 aliphatic rings. The number of methoxy groups -OCH3 is 1. The second-order valence-electron chi connectivity index (χ2n) is 7.38. The van der Waals surface area contributed by atoms with Gasteiger partial charge in [-0.25, -0.2) is 0 Å². The lowest BCUT2D eigenvalue weighted by molar-refractivity contribution is -0.122. The Kier molecular flexibility index (Phi) is 12.4. The summed E-state index contributed by atoms with van der Waals surface area (Å²) in [7, 11) is 5.57. The molecule has 166 valence electrons. The van der Waals surface area contributed by atoms with Gasteiger partial charge in [0.25, 0.3) is 11.1 Å². The maximum absolute atomic E-state index is 13.1. The quantitative estimate of drug-likeness (QED) is 0.209. The van der Waals surface area contributed by atoms with Gasteiger partial charge in [-0.1, -0.05) is 37.4 Å². The molecule has 1 aliphatic carbocycles. The molecule has 1 aromatic heterocycles. The van der Waals surface area contributed by atoms with E-state index in [0.29, 0.717) is 18.3 Å². The summed E-state index contributed by atoms with van der Waals surface area (Å²) in [5, 5.41) is 8.30. The van der Waals surface area contributed by atoms with Crippen LogP contribution in [0.5, 0.6) is 0 Å². The van der Waals surface area contributed by atoms with E-state index < -0.39 is 6.04 Å². The summed E-state index contributed by atoms with van der Waals surface area (Å²) in [6, 6.07) is -0.566. The fraction of sp³-hybridized carbons (Fsp3) is 0.789. The highest BCUT2D eigenvalue weighted by Gasteiger charge is 2.34. The average molecular weight is 449 g/mol. The van der Waals surface area contributed by atoms with Crippen LogP contribution in [0, 0.1) is 0 Å². The summed E-state index contributed by atoms with van der Waals surface area (Å²) in [5.41, 5.74) is 0. The maximum Gasteiger partial charge on any atom is 0.286 e. The van der Waals surface area contributed by atoms with Crippen LogP contribution in [0.2, 0.25) is 0 Å². The molecule has 0 saturated heterocycles. The average Bonchev–Trinajstić information content (AvgIpc) is 2.98. The number of carbonyl (C=O) groups is 2. The third-order valence-corrected chi connectivity index (χ3v) is 5.81. The van der Waals surface area contributed by atoms with Gasteiger partial charge in [0.05, 0.1) is 0 Å². The molecule has 1 heterocycles. The SMILES string of the molecule is COCCC(C(=O)c1nnc(SCCN(C)C)o1)N(C=O)C1CCCCCC1.Cl. The first kappa shape index (κ1) is 25.9. The van der Waals surface area contributed by atoms with E-state index in [2.05, 4.69) is 15.1 Å². The first-order valence-corrected chi connectivity index (χ1v) is 10.9. The summed E-state index contributed by atoms with van der Waals surface area (Å²) >= 11 is 1.42. The summed E-state index contributed by atoms with van der Waals surface area (Å²) in [4.78, 5) is 28.8. The molecule has 1 fully saturated rings. The molecule has 1 atom stereocenters. The highest BCUT2D eigenvalue weighted by atomic mass is 35.5. The zero-order valence-electron chi connectivity index (χ0n) is 17.5. The van der Waals surface area contributed by atoms with Crippen molar-refractivity contribution in [3.63, 3.8) is 0 Å². The Morgan fingerprint density at radius 1 is 1.28 bits per heavy atom. The first-order chi connectivity index (χ1) is 13.6. The van der Waals surface area contributed by atoms with E-state index in [1.165, 1.54) is 24.6 Å². The van der Waals surface area contributed by atoms with E-state index in [9.17, 15) is 9.59 Å². The number of ketones is 1. The Morgan fingerprint density at radius 3 is 2.55 bits per heavy atom. The second kappa shape index (κ2) is 14.0. The van der Waals surface area contributed by atoms with Crippen LogP contribution in [0.1, 0.15) is 55.6 Å². The Bertz CT molecular complexity index is 609. The number of hydrogen-bond donors (Lipinski definition) is 0. The number of Topliss-reactive ketones (excluding diaryl/α,β-unsaturated/α-hetero) is 1. The summed E-state index contributed by atoms with van der Waals surface area (Å²) in [5.74, 6) is 0.452. The number of nitrogens with zero attached hydrogens (tertiary/aromatic N) is 4. The van der Waals surface area contributed by atoms with E-state index in [-0.39, 0.29) is 30.1 Å². The molecule has 0 aromatic carbocycles. The molecule has 0 spiro atoms. The Hall–Kier alpha value is -1.16. The number of halogens is 1. The zero-order valence-corrected chi connectivity index (χ0v) is 19.2. The number of ether oxygens (including phenoxy) is 1. The standard InChI is InChI=1S/C19H32N4O4S.ClH/c1-22(2)11-13-28-19-21-20-18(27-19)17(25)16(10-12-26-3)23(14-24)15-8-6-4-5-7-9-15;/h14-16H,4-13H2,1-3H3;1H. The summed E-state index contributed by atoms with van der Waals surface area (Å²) in [6.07, 6.45) is 7.57. The van der Waals surface area contributed by atoms with Crippen molar-refractivity contribution in [2.75, 3.05) is 40.1 Å². The highest BCUT2D eigenvalue weighted by molar-refractivity contribution is 7.99. The van der Waals surface area contributed by atoms with Gasteiger partial charge < -0.3 is 19.0 Å². The Labute approximate surface area is 183 Å². The molecule has 2 rings (SSSR count). The molecule has 10 heteroatoms. The molecule has 1 aromatic rings. The van der Waals surface area contributed by atoms with Gasteiger partial charge in [0.15, 0.2) is 0 Å². The minimum Gasteiger partial charge on any atom is -0.408 e. The fourth-order valence-corrected chi connectivity index (χ4v) is 4.31. The molecule has 1 saturated carbocycles. The van der Waals surface area contributed by atoms with Crippen LogP contribution < -0.4 is 0 Å². The van der Waals surface area contributed by atoms with Gasteiger partial charge in [0.2, 0.25) is 12.2 Å². The summed E-state index contributed by atoms with van der Waals surface area (Å²) < 4.78 is 10.8. The van der Waals surface area contributed by atoms with Gasteiger partial charge in [-0.15, -0.1) is 22.6 Å². The molecule has 0 N–H and O–H groups in total. The second-order valence-corrected chi connectivity index (χ2v) is 8.43. The van der Waals surface area contributed by atoms with Gasteiger partial charge in [0, 0.05) is 32.1 Å². The molecule has 1 amide bonds. The minimum atomic E-state index is -0.638. The van der Waals surface area contributed by atoms with Crippen LogP contribution in [-0.4, -0.2) is 84.4 Å². The monoisotopic (exact) mass is 448 g/mol. The van der Waals surface area contributed by atoms with E-state index in [0.717, 1.165) is 44.4 Å². The Balaban J connectivity index is 0.00000420. The predicted octanol–water partition coefficient (Wildman–Crippen LogP) is 2.91. The van der Waals surface area contributed by atoms with E-state index >= 15 is 0 Å². The van der Waals surface area contributed by atoms with Crippen molar-refractivity contribution in [2.24, 2.45) is 0 Å². The number of aromatic nitrogens is 2. The highest BCUT2D eigenvalue weighted by Crippen LogP contribution is 2.25. The van der Waals surface area contributed by atoms with E-state index in [1.54, 1.807) is 12.0 Å². The van der Waals surface area contributed by atoms with Crippen LogP contribution >= 0.6 is 24.2 Å². The molecule has 1 unspecified atom stereocenters. The van der Waals surface area contributed by atoms with Crippen molar-refractivity contribution in [1.29, 1.82) is 0 Å². The topological polar surface area (TPSA) is 88.8 Å². The lowest BCUT2D eigenvalue weighted by Crippen LogP contribution is -2.47. The molecule has 8 nitrogen and oxygen atoms in total. The van der Waals surface area contributed by atoms with Crippen LogP contribution in [0.3, 0.4) is 0 Å². The lowest BCUT2D eigenvalue weighted by atomic mass is 10.0. The summed E-state index contributed by atoms with van der Waals surface area (Å²) in [6.45, 7) is 1.25. The third-order valence-electron chi connectivity index (χ3n) is 5.01. The van der Waals surface area contributed by atoms with Crippen LogP contribution in [0.15, 0.2) is 9.64 Å². The van der Waals surface area contributed by atoms with Gasteiger partial charge in [-0.2, -0.15) is 0 Å². The van der Waals surface area contributed by atoms with Crippen LogP contribution in [-0.2, 0) is 9.53 Å². The number of thioether (sulfide) groups is 1. The van der Waals surface area contributed by atoms with Crippen molar-refractivity contribution < 1.29 is 18.7 Å². The van der Waals surface area contributed by atoms with Crippen molar-refractivity contribution in [1.82, 2.24) is 20.0 Å². The van der Waals surface area contributed by atoms with Crippen LogP contribution in [0.25, 0.3) is 0 Å². The van der Waals surface area contributed by atoms with Gasteiger partial charge in [0.1, 0.15) is 6.04 Å². The molecular formula is C19H33ClN4O4S. The number of hydrogen-bond acceptors (Lipinski definition) is 8. The molecule has 29 heavy (non-hydrogen) atoms. The minimum absolute atomic E-state index is 0. The van der Waals surface area contributed by atoms with Crippen LogP contribution in [0.4, 0.5) is 0 Å².